The minimum Gasteiger partial charge on any atom is -0.508 e. The quantitative estimate of drug-likeness (QED) is 0.343. The maximum Gasteiger partial charge on any atom is 0.419 e. The third-order valence-electron chi connectivity index (χ3n) is 1.64. The van der Waals surface area contributed by atoms with Gasteiger partial charge in [0.25, 0.3) is 0 Å². The van der Waals surface area contributed by atoms with Gasteiger partial charge in [0.05, 0.1) is 5.57 Å². The van der Waals surface area contributed by atoms with Gasteiger partial charge in [-0.3, -0.25) is 4.79 Å². The second-order valence-electron chi connectivity index (χ2n) is 2.64. The lowest BCUT2D eigenvalue weighted by Gasteiger charge is -2.10. The van der Waals surface area contributed by atoms with Crippen LogP contribution >= 0.6 is 0 Å². The Morgan fingerprint density at radius 1 is 1.20 bits per heavy atom. The molecule has 0 amide bonds. The third kappa shape index (κ3) is 4.01. The van der Waals surface area contributed by atoms with Crippen molar-refractivity contribution in [3.05, 3.63) is 35.1 Å². The van der Waals surface area contributed by atoms with Crippen molar-refractivity contribution in [2.24, 2.45) is 0 Å². The minimum atomic E-state index is -4.69. The molecule has 0 saturated heterocycles. The standard InChI is InChI=1S/C10H11F3O2/c1-3-7(6-14)5-8(9(15)4-2)10(11,12)13/h3-6,15H,1-2H3/b7-3+,8-5+,9-4+. The highest BCUT2D eigenvalue weighted by atomic mass is 19.4. The van der Waals surface area contributed by atoms with Gasteiger partial charge in [-0.1, -0.05) is 6.08 Å². The maximum absolute atomic E-state index is 12.4. The number of aldehydes is 1. The van der Waals surface area contributed by atoms with Crippen molar-refractivity contribution in [1.29, 1.82) is 0 Å². The molecule has 0 aliphatic rings. The van der Waals surface area contributed by atoms with Gasteiger partial charge in [-0.15, -0.1) is 0 Å². The molecule has 0 rings (SSSR count). The molecule has 2 nitrogen and oxygen atoms in total. The van der Waals surface area contributed by atoms with E-state index < -0.39 is 17.5 Å². The Balaban J connectivity index is 5.40. The molecular weight excluding hydrogens is 209 g/mol. The monoisotopic (exact) mass is 220 g/mol. The number of aliphatic hydroxyl groups excluding tert-OH is 1. The summed E-state index contributed by atoms with van der Waals surface area (Å²) in [6, 6.07) is 0. The second-order valence-corrected chi connectivity index (χ2v) is 2.64. The first-order valence-electron chi connectivity index (χ1n) is 4.12. The van der Waals surface area contributed by atoms with Crippen LogP contribution in [-0.4, -0.2) is 17.6 Å². The highest BCUT2D eigenvalue weighted by molar-refractivity contribution is 5.78. The van der Waals surface area contributed by atoms with Gasteiger partial charge < -0.3 is 5.11 Å². The molecule has 0 aromatic heterocycles. The number of hydrogen-bond acceptors (Lipinski definition) is 2. The number of aliphatic hydroxyl groups is 1. The molecular formula is C10H11F3O2. The van der Waals surface area contributed by atoms with Crippen LogP contribution in [0, 0.1) is 0 Å². The summed E-state index contributed by atoms with van der Waals surface area (Å²) in [5.41, 5.74) is -1.37. The summed E-state index contributed by atoms with van der Waals surface area (Å²) < 4.78 is 37.1. The topological polar surface area (TPSA) is 37.3 Å². The Kier molecular flexibility index (Phi) is 4.84. The van der Waals surface area contributed by atoms with Crippen LogP contribution in [0.15, 0.2) is 35.1 Å². The zero-order valence-corrected chi connectivity index (χ0v) is 8.30. The zero-order chi connectivity index (χ0) is 12.1. The van der Waals surface area contributed by atoms with Gasteiger partial charge in [0, 0.05) is 5.57 Å². The Morgan fingerprint density at radius 2 is 1.73 bits per heavy atom. The molecule has 15 heavy (non-hydrogen) atoms. The van der Waals surface area contributed by atoms with Gasteiger partial charge in [0.1, 0.15) is 12.0 Å². The summed E-state index contributed by atoms with van der Waals surface area (Å²) in [5.74, 6) is -0.899. The largest absolute Gasteiger partial charge is 0.508 e. The van der Waals surface area contributed by atoms with E-state index in [2.05, 4.69) is 0 Å². The average molecular weight is 220 g/mol. The second kappa shape index (κ2) is 5.38. The molecule has 84 valence electrons. The van der Waals surface area contributed by atoms with Crippen molar-refractivity contribution in [3.8, 4) is 0 Å². The predicted molar refractivity (Wildman–Crippen MR) is 50.3 cm³/mol. The number of alkyl halides is 3. The summed E-state index contributed by atoms with van der Waals surface area (Å²) >= 11 is 0. The van der Waals surface area contributed by atoms with E-state index in [0.717, 1.165) is 6.08 Å². The Labute approximate surface area is 85.4 Å². The van der Waals surface area contributed by atoms with Crippen LogP contribution in [0.5, 0.6) is 0 Å². The van der Waals surface area contributed by atoms with Gasteiger partial charge in [-0.2, -0.15) is 13.2 Å². The van der Waals surface area contributed by atoms with E-state index in [4.69, 9.17) is 5.11 Å². The normalized spacial score (nSPS) is 15.4. The van der Waals surface area contributed by atoms with E-state index >= 15 is 0 Å². The minimum absolute atomic E-state index is 0.143. The summed E-state index contributed by atoms with van der Waals surface area (Å²) in [7, 11) is 0. The van der Waals surface area contributed by atoms with Crippen LogP contribution < -0.4 is 0 Å². The number of carbonyl (C=O) groups excluding carboxylic acids is 1. The number of halogens is 3. The number of allylic oxidation sites excluding steroid dienone is 5. The lowest BCUT2D eigenvalue weighted by molar-refractivity contribution is -0.104. The summed E-state index contributed by atoms with van der Waals surface area (Å²) in [6.45, 7) is 2.70. The lowest BCUT2D eigenvalue weighted by atomic mass is 10.1. The van der Waals surface area contributed by atoms with Crippen LogP contribution in [0.2, 0.25) is 0 Å². The predicted octanol–water partition coefficient (Wildman–Crippen LogP) is 3.08. The van der Waals surface area contributed by atoms with Gasteiger partial charge in [0.15, 0.2) is 0 Å². The first-order chi connectivity index (χ1) is 6.86. The third-order valence-corrected chi connectivity index (χ3v) is 1.64. The molecule has 5 heteroatoms. The SMILES string of the molecule is C\C=C(C=O)/C=C(\C(O)=C/C)C(F)(F)F. The fraction of sp³-hybridized carbons (Fsp3) is 0.300. The summed E-state index contributed by atoms with van der Waals surface area (Å²) in [5, 5.41) is 9.02. The fourth-order valence-corrected chi connectivity index (χ4v) is 0.809. The van der Waals surface area contributed by atoms with E-state index in [9.17, 15) is 18.0 Å². The van der Waals surface area contributed by atoms with Gasteiger partial charge in [-0.25, -0.2) is 0 Å². The molecule has 0 unspecified atom stereocenters. The van der Waals surface area contributed by atoms with Crippen LogP contribution in [0.1, 0.15) is 13.8 Å². The van der Waals surface area contributed by atoms with E-state index in [1.807, 2.05) is 0 Å². The Morgan fingerprint density at radius 3 is 2.00 bits per heavy atom. The van der Waals surface area contributed by atoms with Crippen LogP contribution in [0.4, 0.5) is 13.2 Å². The molecule has 0 spiro atoms. The van der Waals surface area contributed by atoms with Crippen molar-refractivity contribution < 1.29 is 23.1 Å². The van der Waals surface area contributed by atoms with Gasteiger partial charge >= 0.3 is 6.18 Å². The molecule has 0 aliphatic heterocycles. The molecule has 0 saturated carbocycles. The van der Waals surface area contributed by atoms with Crippen molar-refractivity contribution in [3.63, 3.8) is 0 Å². The van der Waals surface area contributed by atoms with Crippen molar-refractivity contribution in [2.75, 3.05) is 0 Å². The zero-order valence-electron chi connectivity index (χ0n) is 8.30. The summed E-state index contributed by atoms with van der Waals surface area (Å²) in [6.07, 6.45) is -1.66. The fourth-order valence-electron chi connectivity index (χ4n) is 0.809. The lowest BCUT2D eigenvalue weighted by Crippen LogP contribution is -2.14. The molecule has 0 aromatic carbocycles. The molecule has 0 fully saturated rings. The van der Waals surface area contributed by atoms with Crippen LogP contribution in [0.25, 0.3) is 0 Å². The molecule has 0 bridgehead atoms. The van der Waals surface area contributed by atoms with Crippen molar-refractivity contribution in [2.45, 2.75) is 20.0 Å². The van der Waals surface area contributed by atoms with E-state index in [0.29, 0.717) is 6.08 Å². The Hall–Kier alpha value is -1.52. The van der Waals surface area contributed by atoms with E-state index in [-0.39, 0.29) is 11.9 Å². The molecule has 0 heterocycles. The van der Waals surface area contributed by atoms with Gasteiger partial charge in [0.2, 0.25) is 0 Å². The van der Waals surface area contributed by atoms with Crippen LogP contribution in [-0.2, 0) is 4.79 Å². The van der Waals surface area contributed by atoms with Crippen LogP contribution in [0.3, 0.4) is 0 Å². The number of hydrogen-bond donors (Lipinski definition) is 1. The first-order valence-corrected chi connectivity index (χ1v) is 4.12. The maximum atomic E-state index is 12.4. The molecule has 0 radical (unpaired) electrons. The van der Waals surface area contributed by atoms with Gasteiger partial charge in [-0.05, 0) is 26.0 Å². The van der Waals surface area contributed by atoms with Crippen molar-refractivity contribution >= 4 is 6.29 Å². The number of carbonyl (C=O) groups is 1. The molecule has 1 N–H and O–H groups in total. The number of rotatable bonds is 3. The van der Waals surface area contributed by atoms with E-state index in [1.54, 1.807) is 0 Å². The Bertz CT molecular complexity index is 322. The summed E-state index contributed by atoms with van der Waals surface area (Å²) in [4.78, 5) is 10.3. The molecule has 0 aliphatic carbocycles. The molecule has 0 atom stereocenters. The van der Waals surface area contributed by atoms with Crippen molar-refractivity contribution in [1.82, 2.24) is 0 Å². The highest BCUT2D eigenvalue weighted by Gasteiger charge is 2.36. The highest BCUT2D eigenvalue weighted by Crippen LogP contribution is 2.30. The first kappa shape index (κ1) is 13.5. The van der Waals surface area contributed by atoms with E-state index in [1.165, 1.54) is 19.9 Å². The average Bonchev–Trinajstić information content (AvgIpc) is 2.16. The molecule has 0 aromatic rings. The smallest absolute Gasteiger partial charge is 0.419 e.